The zero-order chi connectivity index (χ0) is 16.7. The van der Waals surface area contributed by atoms with Crippen LogP contribution in [-0.4, -0.2) is 17.6 Å². The van der Waals surface area contributed by atoms with Gasteiger partial charge in [0.2, 0.25) is 5.91 Å². The molecule has 0 aliphatic rings. The monoisotopic (exact) mass is 391 g/mol. The topological polar surface area (TPSA) is 53.2 Å². The molecule has 0 saturated heterocycles. The molecule has 0 spiro atoms. The Balaban J connectivity index is 1.79. The Kier molecular flexibility index (Phi) is 6.55. The number of hydrogen-bond donors (Lipinski definition) is 3. The van der Waals surface area contributed by atoms with E-state index in [0.717, 1.165) is 22.3 Å². The summed E-state index contributed by atoms with van der Waals surface area (Å²) < 4.78 is 0.838. The number of hydrogen-bond acceptors (Lipinski definition) is 2. The maximum absolute atomic E-state index is 11.9. The van der Waals surface area contributed by atoms with Gasteiger partial charge in [-0.2, -0.15) is 0 Å². The summed E-state index contributed by atoms with van der Waals surface area (Å²) in [6.07, 6.45) is 0.998. The maximum atomic E-state index is 11.9. The molecular weight excluding hydrogens is 374 g/mol. The Morgan fingerprint density at radius 1 is 1.09 bits per heavy atom. The van der Waals surface area contributed by atoms with Gasteiger partial charge in [-0.15, -0.1) is 0 Å². The van der Waals surface area contributed by atoms with Gasteiger partial charge in [0.1, 0.15) is 0 Å². The summed E-state index contributed by atoms with van der Waals surface area (Å²) >= 11 is 8.58. The van der Waals surface area contributed by atoms with Crippen molar-refractivity contribution in [2.75, 3.05) is 17.2 Å². The van der Waals surface area contributed by atoms with Gasteiger partial charge in [-0.05, 0) is 64.4 Å². The first-order chi connectivity index (χ1) is 11.1. The van der Waals surface area contributed by atoms with Crippen molar-refractivity contribution in [3.8, 4) is 0 Å². The van der Waals surface area contributed by atoms with Crippen LogP contribution in [-0.2, 0) is 11.2 Å². The summed E-state index contributed by atoms with van der Waals surface area (Å²) in [7, 11) is 0. The van der Waals surface area contributed by atoms with Crippen LogP contribution in [0, 0.1) is 0 Å². The largest absolute Gasteiger partial charge is 0.353 e. The molecule has 0 bridgehead atoms. The molecule has 0 aliphatic heterocycles. The predicted molar refractivity (Wildman–Crippen MR) is 103 cm³/mol. The number of benzene rings is 2. The number of rotatable bonds is 5. The van der Waals surface area contributed by atoms with Crippen LogP contribution in [0.15, 0.2) is 53.0 Å². The average Bonchev–Trinajstić information content (AvgIpc) is 2.56. The first-order valence-corrected chi connectivity index (χ1v) is 8.46. The molecule has 0 saturated carbocycles. The van der Waals surface area contributed by atoms with Crippen molar-refractivity contribution in [2.45, 2.75) is 13.3 Å². The number of para-hydroxylation sites is 1. The summed E-state index contributed by atoms with van der Waals surface area (Å²) in [5, 5.41) is 9.17. The van der Waals surface area contributed by atoms with E-state index in [-0.39, 0.29) is 12.5 Å². The maximum Gasteiger partial charge on any atom is 0.243 e. The second-order valence-corrected chi connectivity index (χ2v) is 6.15. The zero-order valence-electron chi connectivity index (χ0n) is 12.7. The van der Waals surface area contributed by atoms with E-state index in [1.807, 2.05) is 48.5 Å². The predicted octanol–water partition coefficient (Wildman–Crippen LogP) is 3.94. The van der Waals surface area contributed by atoms with E-state index in [1.165, 1.54) is 5.56 Å². The fourth-order valence-corrected chi connectivity index (χ4v) is 2.49. The number of carbonyl (C=O) groups is 1. The molecule has 6 heteroatoms. The number of carbonyl (C=O) groups excluding carboxylic acids is 1. The lowest BCUT2D eigenvalue weighted by atomic mass is 10.1. The molecule has 0 radical (unpaired) electrons. The highest BCUT2D eigenvalue weighted by atomic mass is 79.9. The lowest BCUT2D eigenvalue weighted by molar-refractivity contribution is -0.115. The molecule has 2 aromatic carbocycles. The van der Waals surface area contributed by atoms with E-state index in [9.17, 15) is 4.79 Å². The van der Waals surface area contributed by atoms with Crippen LogP contribution < -0.4 is 16.0 Å². The molecule has 1 amide bonds. The van der Waals surface area contributed by atoms with E-state index < -0.39 is 0 Å². The minimum absolute atomic E-state index is 0.0974. The molecule has 120 valence electrons. The van der Waals surface area contributed by atoms with Crippen LogP contribution in [0.5, 0.6) is 0 Å². The minimum Gasteiger partial charge on any atom is -0.353 e. The molecule has 3 N–H and O–H groups in total. The summed E-state index contributed by atoms with van der Waals surface area (Å²) in [6, 6.07) is 15.5. The van der Waals surface area contributed by atoms with Gasteiger partial charge in [-0.3, -0.25) is 4.79 Å². The van der Waals surface area contributed by atoms with Crippen molar-refractivity contribution in [3.63, 3.8) is 0 Å². The highest BCUT2D eigenvalue weighted by molar-refractivity contribution is 9.10. The van der Waals surface area contributed by atoms with Crippen molar-refractivity contribution >= 4 is 50.5 Å². The number of thiocarbonyl (C=S) groups is 1. The minimum atomic E-state index is -0.164. The number of halogens is 1. The molecule has 2 aromatic rings. The fraction of sp³-hybridized carbons (Fsp3) is 0.176. The third kappa shape index (κ3) is 5.65. The molecule has 0 fully saturated rings. The SMILES string of the molecule is CCc1ccc(NC(=S)NCC(=O)Nc2ccccc2Br)cc1. The van der Waals surface area contributed by atoms with Crippen molar-refractivity contribution in [1.29, 1.82) is 0 Å². The molecule has 4 nitrogen and oxygen atoms in total. The highest BCUT2D eigenvalue weighted by Gasteiger charge is 2.06. The quantitative estimate of drug-likeness (QED) is 0.675. The Morgan fingerprint density at radius 2 is 1.78 bits per heavy atom. The van der Waals surface area contributed by atoms with Crippen LogP contribution in [0.4, 0.5) is 11.4 Å². The van der Waals surface area contributed by atoms with Crippen molar-refractivity contribution in [1.82, 2.24) is 5.32 Å². The van der Waals surface area contributed by atoms with Crippen molar-refractivity contribution < 1.29 is 4.79 Å². The van der Waals surface area contributed by atoms with Crippen LogP contribution in [0.3, 0.4) is 0 Å². The second kappa shape index (κ2) is 8.64. The van der Waals surface area contributed by atoms with Gasteiger partial charge >= 0.3 is 0 Å². The van der Waals surface area contributed by atoms with Crippen LogP contribution in [0.1, 0.15) is 12.5 Å². The summed E-state index contributed by atoms with van der Waals surface area (Å²) in [5.74, 6) is -0.164. The molecule has 0 atom stereocenters. The number of anilines is 2. The van der Waals surface area contributed by atoms with Crippen LogP contribution in [0.25, 0.3) is 0 Å². The fourth-order valence-electron chi connectivity index (χ4n) is 1.92. The van der Waals surface area contributed by atoms with Gasteiger partial charge in [0, 0.05) is 10.2 Å². The third-order valence-electron chi connectivity index (χ3n) is 3.18. The first kappa shape index (κ1) is 17.4. The standard InChI is InChI=1S/C17H18BrN3OS/c1-2-12-7-9-13(10-8-12)20-17(23)19-11-16(22)21-15-6-4-3-5-14(15)18/h3-10H,2,11H2,1H3,(H,21,22)(H2,19,20,23). The normalized spacial score (nSPS) is 10.0. The molecular formula is C17H18BrN3OS. The van der Waals surface area contributed by atoms with Crippen LogP contribution in [0.2, 0.25) is 0 Å². The van der Waals surface area contributed by atoms with E-state index in [2.05, 4.69) is 38.8 Å². The van der Waals surface area contributed by atoms with Gasteiger partial charge < -0.3 is 16.0 Å². The Hall–Kier alpha value is -1.92. The lowest BCUT2D eigenvalue weighted by Crippen LogP contribution is -2.35. The average molecular weight is 392 g/mol. The number of nitrogens with one attached hydrogen (secondary N) is 3. The van der Waals surface area contributed by atoms with Crippen molar-refractivity contribution in [2.24, 2.45) is 0 Å². The van der Waals surface area contributed by atoms with Crippen molar-refractivity contribution in [3.05, 3.63) is 58.6 Å². The summed E-state index contributed by atoms with van der Waals surface area (Å²) in [5.41, 5.74) is 2.89. The first-order valence-electron chi connectivity index (χ1n) is 7.26. The van der Waals surface area contributed by atoms with Gasteiger partial charge in [0.05, 0.1) is 12.2 Å². The van der Waals surface area contributed by atoms with Gasteiger partial charge in [0.25, 0.3) is 0 Å². The molecule has 0 unspecified atom stereocenters. The molecule has 0 aliphatic carbocycles. The number of amides is 1. The Morgan fingerprint density at radius 3 is 2.43 bits per heavy atom. The van der Waals surface area contributed by atoms with E-state index in [0.29, 0.717) is 5.11 Å². The Labute approximate surface area is 149 Å². The zero-order valence-corrected chi connectivity index (χ0v) is 15.1. The molecule has 0 aromatic heterocycles. The summed E-state index contributed by atoms with van der Waals surface area (Å²) in [4.78, 5) is 11.9. The van der Waals surface area contributed by atoms with Gasteiger partial charge in [0.15, 0.2) is 5.11 Å². The van der Waals surface area contributed by atoms with Crippen LogP contribution >= 0.6 is 28.1 Å². The Bertz CT molecular complexity index is 688. The van der Waals surface area contributed by atoms with E-state index in [4.69, 9.17) is 12.2 Å². The smallest absolute Gasteiger partial charge is 0.243 e. The number of aryl methyl sites for hydroxylation is 1. The van der Waals surface area contributed by atoms with E-state index in [1.54, 1.807) is 0 Å². The lowest BCUT2D eigenvalue weighted by Gasteiger charge is -2.11. The summed E-state index contributed by atoms with van der Waals surface area (Å²) in [6.45, 7) is 2.21. The van der Waals surface area contributed by atoms with Gasteiger partial charge in [-0.1, -0.05) is 31.2 Å². The molecule has 23 heavy (non-hydrogen) atoms. The highest BCUT2D eigenvalue weighted by Crippen LogP contribution is 2.20. The molecule has 0 heterocycles. The van der Waals surface area contributed by atoms with Gasteiger partial charge in [-0.25, -0.2) is 0 Å². The van der Waals surface area contributed by atoms with E-state index >= 15 is 0 Å². The second-order valence-electron chi connectivity index (χ2n) is 4.89. The third-order valence-corrected chi connectivity index (χ3v) is 4.12. The molecule has 2 rings (SSSR count).